The van der Waals surface area contributed by atoms with Crippen LogP contribution in [0.5, 0.6) is 0 Å². The lowest BCUT2D eigenvalue weighted by Gasteiger charge is -2.38. The number of likely N-dealkylation sites (tertiary alicyclic amines) is 1. The summed E-state index contributed by atoms with van der Waals surface area (Å²) >= 11 is 0. The molecular formula is C7H13NO. The van der Waals surface area contributed by atoms with Crippen molar-refractivity contribution in [2.24, 2.45) is 0 Å². The number of carbonyl (C=O) groups excluding carboxylic acids is 1. The van der Waals surface area contributed by atoms with Crippen molar-refractivity contribution in [3.63, 3.8) is 0 Å². The van der Waals surface area contributed by atoms with Gasteiger partial charge in [0, 0.05) is 19.0 Å². The Kier molecular flexibility index (Phi) is 1.74. The van der Waals surface area contributed by atoms with Gasteiger partial charge in [-0.3, -0.25) is 4.79 Å². The standard InChI is InChI=1S/C7H13NO/c1-3-7(9)8-5-4-6(8)2/h6H,3-5H2,1-2H3. The van der Waals surface area contributed by atoms with Gasteiger partial charge in [0.1, 0.15) is 0 Å². The Morgan fingerprint density at radius 3 is 2.56 bits per heavy atom. The van der Waals surface area contributed by atoms with E-state index in [0.717, 1.165) is 6.54 Å². The molecule has 0 aromatic rings. The van der Waals surface area contributed by atoms with Crippen molar-refractivity contribution < 1.29 is 4.79 Å². The van der Waals surface area contributed by atoms with Crippen LogP contribution in [0.1, 0.15) is 26.7 Å². The molecule has 2 heteroatoms. The first kappa shape index (κ1) is 6.59. The van der Waals surface area contributed by atoms with Crippen LogP contribution < -0.4 is 0 Å². The molecule has 1 heterocycles. The van der Waals surface area contributed by atoms with E-state index in [-0.39, 0.29) is 0 Å². The highest BCUT2D eigenvalue weighted by molar-refractivity contribution is 5.76. The second-order valence-corrected chi connectivity index (χ2v) is 2.58. The zero-order valence-electron chi connectivity index (χ0n) is 6.05. The molecule has 1 atom stereocenters. The van der Waals surface area contributed by atoms with Crippen LogP contribution >= 0.6 is 0 Å². The van der Waals surface area contributed by atoms with Gasteiger partial charge in [0.15, 0.2) is 0 Å². The van der Waals surface area contributed by atoms with E-state index < -0.39 is 0 Å². The molecule has 1 aliphatic rings. The summed E-state index contributed by atoms with van der Waals surface area (Å²) in [5.74, 6) is 0.300. The van der Waals surface area contributed by atoms with Gasteiger partial charge in [-0.05, 0) is 13.3 Å². The summed E-state index contributed by atoms with van der Waals surface area (Å²) < 4.78 is 0. The van der Waals surface area contributed by atoms with E-state index in [0.29, 0.717) is 18.4 Å². The molecule has 0 radical (unpaired) electrons. The lowest BCUT2D eigenvalue weighted by molar-refractivity contribution is -0.137. The molecule has 1 saturated heterocycles. The van der Waals surface area contributed by atoms with E-state index in [1.54, 1.807) is 0 Å². The first-order valence-electron chi connectivity index (χ1n) is 3.55. The molecule has 0 bridgehead atoms. The summed E-state index contributed by atoms with van der Waals surface area (Å²) in [5, 5.41) is 0. The molecule has 0 aromatic carbocycles. The highest BCUT2D eigenvalue weighted by atomic mass is 16.2. The maximum Gasteiger partial charge on any atom is 0.222 e. The molecule has 1 unspecified atom stereocenters. The minimum absolute atomic E-state index is 0.300. The highest BCUT2D eigenvalue weighted by Crippen LogP contribution is 2.16. The van der Waals surface area contributed by atoms with Crippen molar-refractivity contribution in [1.29, 1.82) is 0 Å². The molecule has 0 aromatic heterocycles. The second kappa shape index (κ2) is 2.38. The highest BCUT2D eigenvalue weighted by Gasteiger charge is 2.26. The van der Waals surface area contributed by atoms with Crippen LogP contribution in [0.4, 0.5) is 0 Å². The smallest absolute Gasteiger partial charge is 0.222 e. The molecule has 1 fully saturated rings. The first-order valence-corrected chi connectivity index (χ1v) is 3.55. The topological polar surface area (TPSA) is 20.3 Å². The predicted molar refractivity (Wildman–Crippen MR) is 36.1 cm³/mol. The largest absolute Gasteiger partial charge is 0.340 e. The Morgan fingerprint density at radius 2 is 2.44 bits per heavy atom. The number of amides is 1. The van der Waals surface area contributed by atoms with Crippen molar-refractivity contribution in [1.82, 2.24) is 4.90 Å². The van der Waals surface area contributed by atoms with Crippen molar-refractivity contribution in [3.8, 4) is 0 Å². The maximum atomic E-state index is 10.9. The van der Waals surface area contributed by atoms with Gasteiger partial charge >= 0.3 is 0 Å². The van der Waals surface area contributed by atoms with Crippen LogP contribution in [0.25, 0.3) is 0 Å². The van der Waals surface area contributed by atoms with Gasteiger partial charge in [0.25, 0.3) is 0 Å². The molecule has 1 aliphatic heterocycles. The van der Waals surface area contributed by atoms with Gasteiger partial charge in [-0.1, -0.05) is 6.92 Å². The lowest BCUT2D eigenvalue weighted by Crippen LogP contribution is -2.48. The van der Waals surface area contributed by atoms with Crippen LogP contribution in [-0.2, 0) is 4.79 Å². The third kappa shape index (κ3) is 1.07. The van der Waals surface area contributed by atoms with Crippen LogP contribution in [0.3, 0.4) is 0 Å². The van der Waals surface area contributed by atoms with E-state index >= 15 is 0 Å². The number of carbonyl (C=O) groups is 1. The van der Waals surface area contributed by atoms with Gasteiger partial charge in [-0.25, -0.2) is 0 Å². The Labute approximate surface area is 55.8 Å². The van der Waals surface area contributed by atoms with Gasteiger partial charge in [0.05, 0.1) is 0 Å². The fourth-order valence-corrected chi connectivity index (χ4v) is 1.09. The zero-order valence-corrected chi connectivity index (χ0v) is 6.05. The van der Waals surface area contributed by atoms with Crippen LogP contribution in [0.15, 0.2) is 0 Å². The molecular weight excluding hydrogens is 114 g/mol. The molecule has 0 aliphatic carbocycles. The number of hydrogen-bond donors (Lipinski definition) is 0. The quantitative estimate of drug-likeness (QED) is 0.515. The fraction of sp³-hybridized carbons (Fsp3) is 0.857. The predicted octanol–water partition coefficient (Wildman–Crippen LogP) is 1.02. The second-order valence-electron chi connectivity index (χ2n) is 2.58. The van der Waals surface area contributed by atoms with Gasteiger partial charge in [-0.15, -0.1) is 0 Å². The Balaban J connectivity index is 2.35. The van der Waals surface area contributed by atoms with E-state index in [1.807, 2.05) is 11.8 Å². The first-order chi connectivity index (χ1) is 4.25. The summed E-state index contributed by atoms with van der Waals surface area (Å²) in [6, 6.07) is 0.512. The minimum Gasteiger partial charge on any atom is -0.340 e. The number of rotatable bonds is 1. The molecule has 0 spiro atoms. The summed E-state index contributed by atoms with van der Waals surface area (Å²) in [4.78, 5) is 12.9. The minimum atomic E-state index is 0.300. The summed E-state index contributed by atoms with van der Waals surface area (Å²) in [5.41, 5.74) is 0. The average molecular weight is 127 g/mol. The van der Waals surface area contributed by atoms with E-state index in [1.165, 1.54) is 6.42 Å². The van der Waals surface area contributed by atoms with Crippen molar-refractivity contribution in [2.75, 3.05) is 6.54 Å². The van der Waals surface area contributed by atoms with Crippen molar-refractivity contribution >= 4 is 5.91 Å². The summed E-state index contributed by atoms with van der Waals surface area (Å²) in [7, 11) is 0. The van der Waals surface area contributed by atoms with E-state index in [9.17, 15) is 4.79 Å². The van der Waals surface area contributed by atoms with Gasteiger partial charge in [0.2, 0.25) is 5.91 Å². The summed E-state index contributed by atoms with van der Waals surface area (Å²) in [6.07, 6.45) is 1.84. The van der Waals surface area contributed by atoms with Gasteiger partial charge in [-0.2, -0.15) is 0 Å². The van der Waals surface area contributed by atoms with Crippen molar-refractivity contribution in [2.45, 2.75) is 32.7 Å². The average Bonchev–Trinajstić information content (AvgIpc) is 1.84. The number of nitrogens with zero attached hydrogens (tertiary/aromatic N) is 1. The normalized spacial score (nSPS) is 25.6. The maximum absolute atomic E-state index is 10.9. The Morgan fingerprint density at radius 1 is 1.78 bits per heavy atom. The number of hydrogen-bond acceptors (Lipinski definition) is 1. The van der Waals surface area contributed by atoms with Crippen LogP contribution in [-0.4, -0.2) is 23.4 Å². The van der Waals surface area contributed by atoms with Crippen LogP contribution in [0, 0.1) is 0 Å². The van der Waals surface area contributed by atoms with Crippen molar-refractivity contribution in [3.05, 3.63) is 0 Å². The Bertz CT molecular complexity index is 122. The van der Waals surface area contributed by atoms with Gasteiger partial charge < -0.3 is 4.90 Å². The van der Waals surface area contributed by atoms with E-state index in [4.69, 9.17) is 0 Å². The monoisotopic (exact) mass is 127 g/mol. The fourth-order valence-electron chi connectivity index (χ4n) is 1.09. The lowest BCUT2D eigenvalue weighted by atomic mass is 10.1. The molecule has 52 valence electrons. The van der Waals surface area contributed by atoms with E-state index in [2.05, 4.69) is 6.92 Å². The molecule has 9 heavy (non-hydrogen) atoms. The van der Waals surface area contributed by atoms with Crippen LogP contribution in [0.2, 0.25) is 0 Å². The molecule has 0 N–H and O–H groups in total. The molecule has 0 saturated carbocycles. The third-order valence-corrected chi connectivity index (χ3v) is 1.94. The SMILES string of the molecule is CCC(=O)N1CCC1C. The Hall–Kier alpha value is -0.530. The third-order valence-electron chi connectivity index (χ3n) is 1.94. The zero-order chi connectivity index (χ0) is 6.85. The molecule has 2 nitrogen and oxygen atoms in total. The summed E-state index contributed by atoms with van der Waals surface area (Å²) in [6.45, 7) is 4.98. The molecule has 1 rings (SSSR count). The molecule has 1 amide bonds.